The molecule has 0 amide bonds. The number of anilines is 1. The molecule has 35 heavy (non-hydrogen) atoms. The highest BCUT2D eigenvalue weighted by Crippen LogP contribution is 2.22. The number of aromatic nitrogens is 4. The number of imidazole rings is 1. The highest BCUT2D eigenvalue weighted by molar-refractivity contribution is 5.74. The van der Waals surface area contributed by atoms with Crippen LogP contribution in [-0.4, -0.2) is 56.7 Å². The van der Waals surface area contributed by atoms with Crippen molar-refractivity contribution in [2.45, 2.75) is 13.5 Å². The quantitative estimate of drug-likeness (QED) is 0.469. The van der Waals surface area contributed by atoms with Crippen LogP contribution in [0.2, 0.25) is 0 Å². The summed E-state index contributed by atoms with van der Waals surface area (Å²) < 4.78 is 3.36. The maximum atomic E-state index is 12.8. The van der Waals surface area contributed by atoms with Gasteiger partial charge in [0.2, 0.25) is 5.95 Å². The molecule has 1 fully saturated rings. The topological polar surface area (TPSA) is 79.2 Å². The van der Waals surface area contributed by atoms with E-state index in [0.717, 1.165) is 44.2 Å². The van der Waals surface area contributed by atoms with Crippen molar-refractivity contribution in [1.29, 1.82) is 0 Å². The summed E-state index contributed by atoms with van der Waals surface area (Å²) in [5.74, 6) is 0.728. The Morgan fingerprint density at radius 2 is 1.69 bits per heavy atom. The monoisotopic (exact) mass is 470 g/mol. The molecule has 1 N–H and O–H groups in total. The number of nitrogens with one attached hydrogen (secondary N) is 1. The Balaban J connectivity index is 1.39. The minimum Gasteiger partial charge on any atom is -0.340 e. The molecule has 1 aliphatic heterocycles. The zero-order valence-electron chi connectivity index (χ0n) is 20.1. The number of piperazine rings is 1. The minimum atomic E-state index is -0.455. The fourth-order valence-electron chi connectivity index (χ4n) is 4.52. The van der Waals surface area contributed by atoms with Gasteiger partial charge in [-0.25, -0.2) is 4.79 Å². The van der Waals surface area contributed by atoms with Gasteiger partial charge in [0.05, 0.1) is 6.54 Å². The van der Waals surface area contributed by atoms with Crippen molar-refractivity contribution in [2.75, 3.05) is 37.6 Å². The lowest BCUT2D eigenvalue weighted by Crippen LogP contribution is -2.47. The van der Waals surface area contributed by atoms with Crippen LogP contribution in [0.3, 0.4) is 0 Å². The lowest BCUT2D eigenvalue weighted by molar-refractivity contribution is 0.282. The minimum absolute atomic E-state index is 0.404. The van der Waals surface area contributed by atoms with E-state index in [4.69, 9.17) is 4.98 Å². The molecule has 0 aliphatic carbocycles. The normalized spacial score (nSPS) is 14.9. The van der Waals surface area contributed by atoms with Gasteiger partial charge < -0.3 is 4.90 Å². The number of hydrogen-bond donors (Lipinski definition) is 1. The van der Waals surface area contributed by atoms with Crippen LogP contribution in [0.1, 0.15) is 16.7 Å². The molecule has 0 saturated carbocycles. The van der Waals surface area contributed by atoms with Crippen LogP contribution in [0.5, 0.6) is 0 Å². The first kappa shape index (κ1) is 22.9. The second-order valence-corrected chi connectivity index (χ2v) is 9.07. The largest absolute Gasteiger partial charge is 0.340 e. The standard InChI is InChI=1S/C27H30N6O2/c1-20-10-12-22(13-11-20)19-33-23-24(30(2)27(35)29-25(23)34)28-26(33)32-17-15-31(16-18-32)14-6-9-21-7-4-3-5-8-21/h3-13H,14-19H2,1-2H3,(H,29,34,35)/b9-6-. The first-order chi connectivity index (χ1) is 17.0. The Bertz CT molecular complexity index is 1460. The van der Waals surface area contributed by atoms with Gasteiger partial charge in [-0.15, -0.1) is 0 Å². The molecule has 0 unspecified atom stereocenters. The second-order valence-electron chi connectivity index (χ2n) is 9.07. The van der Waals surface area contributed by atoms with E-state index in [9.17, 15) is 9.59 Å². The van der Waals surface area contributed by atoms with Gasteiger partial charge in [0, 0.05) is 39.8 Å². The van der Waals surface area contributed by atoms with Gasteiger partial charge in [-0.05, 0) is 18.1 Å². The molecule has 0 atom stereocenters. The summed E-state index contributed by atoms with van der Waals surface area (Å²) in [6.07, 6.45) is 4.35. The van der Waals surface area contributed by atoms with Crippen LogP contribution in [-0.2, 0) is 13.6 Å². The van der Waals surface area contributed by atoms with Crippen molar-refractivity contribution < 1.29 is 0 Å². The molecule has 3 heterocycles. The van der Waals surface area contributed by atoms with E-state index in [2.05, 4.69) is 70.3 Å². The number of rotatable bonds is 6. The van der Waals surface area contributed by atoms with Crippen LogP contribution in [0.25, 0.3) is 17.2 Å². The van der Waals surface area contributed by atoms with Gasteiger partial charge in [0.25, 0.3) is 5.56 Å². The Morgan fingerprint density at radius 1 is 0.971 bits per heavy atom. The molecule has 2 aromatic heterocycles. The van der Waals surface area contributed by atoms with E-state index in [-0.39, 0.29) is 0 Å². The first-order valence-corrected chi connectivity index (χ1v) is 11.9. The van der Waals surface area contributed by atoms with Gasteiger partial charge in [-0.2, -0.15) is 4.98 Å². The van der Waals surface area contributed by atoms with Crippen molar-refractivity contribution in [1.82, 2.24) is 24.0 Å². The number of H-pyrrole nitrogens is 1. The molecule has 1 saturated heterocycles. The summed E-state index contributed by atoms with van der Waals surface area (Å²) in [4.78, 5) is 36.9. The Hall–Kier alpha value is -3.91. The van der Waals surface area contributed by atoms with E-state index >= 15 is 0 Å². The molecule has 5 rings (SSSR count). The Labute approximate surface area is 203 Å². The van der Waals surface area contributed by atoms with Crippen molar-refractivity contribution >= 4 is 23.2 Å². The molecule has 8 heteroatoms. The summed E-state index contributed by atoms with van der Waals surface area (Å²) in [5, 5.41) is 0. The summed E-state index contributed by atoms with van der Waals surface area (Å²) in [5.41, 5.74) is 3.44. The summed E-state index contributed by atoms with van der Waals surface area (Å²) in [7, 11) is 1.64. The fraction of sp³-hybridized carbons (Fsp3) is 0.296. The average Bonchev–Trinajstić information content (AvgIpc) is 3.25. The molecular formula is C27H30N6O2. The van der Waals surface area contributed by atoms with Gasteiger partial charge in [0.15, 0.2) is 11.2 Å². The number of aromatic amines is 1. The molecule has 0 spiro atoms. The van der Waals surface area contributed by atoms with Gasteiger partial charge in [-0.3, -0.25) is 23.8 Å². The van der Waals surface area contributed by atoms with Gasteiger partial charge in [-0.1, -0.05) is 72.3 Å². The SMILES string of the molecule is Cc1ccc(Cn2c(N3CCN(C/C=C\c4ccccc4)CC3)nc3c2c(=O)[nH]c(=O)n3C)cc1. The third-order valence-corrected chi connectivity index (χ3v) is 6.58. The number of benzene rings is 2. The molecule has 4 aromatic rings. The summed E-state index contributed by atoms with van der Waals surface area (Å²) >= 11 is 0. The second kappa shape index (κ2) is 9.76. The molecule has 180 valence electrons. The maximum absolute atomic E-state index is 12.8. The highest BCUT2D eigenvalue weighted by Gasteiger charge is 2.24. The first-order valence-electron chi connectivity index (χ1n) is 11.9. The third-order valence-electron chi connectivity index (χ3n) is 6.58. The Morgan fingerprint density at radius 3 is 2.40 bits per heavy atom. The predicted molar refractivity (Wildman–Crippen MR) is 140 cm³/mol. The van der Waals surface area contributed by atoms with E-state index < -0.39 is 11.2 Å². The Kier molecular flexibility index (Phi) is 6.37. The van der Waals surface area contributed by atoms with Gasteiger partial charge >= 0.3 is 5.69 Å². The lowest BCUT2D eigenvalue weighted by Gasteiger charge is -2.35. The van der Waals surface area contributed by atoms with Crippen LogP contribution in [0, 0.1) is 6.92 Å². The van der Waals surface area contributed by atoms with Crippen LogP contribution < -0.4 is 16.1 Å². The van der Waals surface area contributed by atoms with E-state index in [1.54, 1.807) is 7.05 Å². The third kappa shape index (κ3) is 4.83. The summed E-state index contributed by atoms with van der Waals surface area (Å²) in [6.45, 7) is 6.82. The molecule has 8 nitrogen and oxygen atoms in total. The van der Waals surface area contributed by atoms with Crippen molar-refractivity contribution in [3.63, 3.8) is 0 Å². The average molecular weight is 471 g/mol. The van der Waals surface area contributed by atoms with Crippen LogP contribution >= 0.6 is 0 Å². The van der Waals surface area contributed by atoms with Gasteiger partial charge in [0.1, 0.15) is 0 Å². The number of nitrogens with zero attached hydrogens (tertiary/aromatic N) is 5. The molecular weight excluding hydrogens is 440 g/mol. The number of fused-ring (bicyclic) bond motifs is 1. The molecule has 0 radical (unpaired) electrons. The number of hydrogen-bond acceptors (Lipinski definition) is 5. The molecule has 0 bridgehead atoms. The molecule has 1 aliphatic rings. The van der Waals surface area contributed by atoms with Crippen molar-refractivity contribution in [3.8, 4) is 0 Å². The lowest BCUT2D eigenvalue weighted by atomic mass is 10.1. The van der Waals surface area contributed by atoms with Crippen molar-refractivity contribution in [2.24, 2.45) is 7.05 Å². The molecule has 2 aromatic carbocycles. The van der Waals surface area contributed by atoms with E-state index in [1.165, 1.54) is 15.7 Å². The maximum Gasteiger partial charge on any atom is 0.329 e. The van der Waals surface area contributed by atoms with E-state index in [0.29, 0.717) is 17.7 Å². The predicted octanol–water partition coefficient (Wildman–Crippen LogP) is 2.62. The summed E-state index contributed by atoms with van der Waals surface area (Å²) in [6, 6.07) is 18.6. The van der Waals surface area contributed by atoms with Crippen LogP contribution in [0.4, 0.5) is 5.95 Å². The van der Waals surface area contributed by atoms with Crippen molar-refractivity contribution in [3.05, 3.63) is 98.2 Å². The number of aryl methyl sites for hydroxylation is 2. The zero-order chi connectivity index (χ0) is 24.4. The van der Waals surface area contributed by atoms with E-state index in [1.807, 2.05) is 22.8 Å². The smallest absolute Gasteiger partial charge is 0.329 e. The van der Waals surface area contributed by atoms with Crippen LogP contribution in [0.15, 0.2) is 70.3 Å². The fourth-order valence-corrected chi connectivity index (χ4v) is 4.52. The highest BCUT2D eigenvalue weighted by atomic mass is 16.2. The zero-order valence-corrected chi connectivity index (χ0v) is 20.1.